The number of carboxylic acid groups (broad SMARTS) is 1. The van der Waals surface area contributed by atoms with Crippen molar-refractivity contribution in [3.8, 4) is 0 Å². The first kappa shape index (κ1) is 8.70. The third-order valence-electron chi connectivity index (χ3n) is 1.37. The first-order valence-electron chi connectivity index (χ1n) is 3.14. The number of halogens is 2. The molecule has 0 aliphatic rings. The molecule has 12 heavy (non-hydrogen) atoms. The van der Waals surface area contributed by atoms with E-state index in [2.05, 4.69) is 4.42 Å². The molecule has 0 fully saturated rings. The van der Waals surface area contributed by atoms with Gasteiger partial charge < -0.3 is 9.52 Å². The van der Waals surface area contributed by atoms with E-state index in [-0.39, 0.29) is 5.56 Å². The van der Waals surface area contributed by atoms with Crippen molar-refractivity contribution in [2.45, 2.75) is 13.3 Å². The Morgan fingerprint density at radius 2 is 2.25 bits per heavy atom. The number of aromatic carboxylic acids is 1. The molecular formula is C7H6F2O3. The Balaban J connectivity index is 3.09. The van der Waals surface area contributed by atoms with Gasteiger partial charge in [0.2, 0.25) is 5.76 Å². The van der Waals surface area contributed by atoms with Crippen molar-refractivity contribution in [2.75, 3.05) is 0 Å². The number of hydrogen-bond donors (Lipinski definition) is 1. The van der Waals surface area contributed by atoms with Crippen molar-refractivity contribution in [1.82, 2.24) is 0 Å². The van der Waals surface area contributed by atoms with Crippen LogP contribution in [-0.4, -0.2) is 11.1 Å². The van der Waals surface area contributed by atoms with E-state index in [0.29, 0.717) is 0 Å². The van der Waals surface area contributed by atoms with E-state index in [0.717, 1.165) is 6.07 Å². The molecule has 0 radical (unpaired) electrons. The van der Waals surface area contributed by atoms with Crippen LogP contribution in [0.4, 0.5) is 8.78 Å². The first-order valence-corrected chi connectivity index (χ1v) is 3.14. The fourth-order valence-corrected chi connectivity index (χ4v) is 0.818. The zero-order chi connectivity index (χ0) is 9.30. The van der Waals surface area contributed by atoms with Crippen LogP contribution in [0, 0.1) is 6.92 Å². The van der Waals surface area contributed by atoms with Gasteiger partial charge in [-0.3, -0.25) is 0 Å². The molecule has 1 rings (SSSR count). The predicted octanol–water partition coefficient (Wildman–Crippen LogP) is 2.22. The number of alkyl halides is 2. The second-order valence-electron chi connectivity index (χ2n) is 2.26. The largest absolute Gasteiger partial charge is 0.475 e. The molecule has 1 aromatic rings. The van der Waals surface area contributed by atoms with E-state index in [4.69, 9.17) is 5.11 Å². The monoisotopic (exact) mass is 176 g/mol. The minimum absolute atomic E-state index is 0.155. The predicted molar refractivity (Wildman–Crippen MR) is 35.4 cm³/mol. The highest BCUT2D eigenvalue weighted by atomic mass is 19.3. The molecule has 0 unspecified atom stereocenters. The lowest BCUT2D eigenvalue weighted by Crippen LogP contribution is -1.91. The second kappa shape index (κ2) is 2.92. The van der Waals surface area contributed by atoms with Gasteiger partial charge in [0.05, 0.1) is 0 Å². The van der Waals surface area contributed by atoms with E-state index < -0.39 is 23.9 Å². The number of carboxylic acids is 1. The topological polar surface area (TPSA) is 50.4 Å². The lowest BCUT2D eigenvalue weighted by atomic mass is 10.3. The lowest BCUT2D eigenvalue weighted by Gasteiger charge is -1.92. The molecule has 66 valence electrons. The molecule has 0 atom stereocenters. The molecule has 3 nitrogen and oxygen atoms in total. The third kappa shape index (κ3) is 1.44. The maximum Gasteiger partial charge on any atom is 0.371 e. The first-order chi connectivity index (χ1) is 5.52. The van der Waals surface area contributed by atoms with Crippen molar-refractivity contribution in [1.29, 1.82) is 0 Å². The zero-order valence-corrected chi connectivity index (χ0v) is 6.17. The summed E-state index contributed by atoms with van der Waals surface area (Å²) in [6.45, 7) is 1.37. The summed E-state index contributed by atoms with van der Waals surface area (Å²) in [4.78, 5) is 10.3. The van der Waals surface area contributed by atoms with Crippen LogP contribution in [0.15, 0.2) is 10.5 Å². The van der Waals surface area contributed by atoms with Crippen LogP contribution in [-0.2, 0) is 0 Å². The van der Waals surface area contributed by atoms with E-state index in [1.54, 1.807) is 0 Å². The molecular weight excluding hydrogens is 170 g/mol. The molecule has 0 saturated heterocycles. The molecule has 0 aromatic carbocycles. The Bertz CT molecular complexity index is 304. The van der Waals surface area contributed by atoms with Crippen molar-refractivity contribution in [3.63, 3.8) is 0 Å². The van der Waals surface area contributed by atoms with Crippen LogP contribution in [0.3, 0.4) is 0 Å². The molecule has 1 aromatic heterocycles. The summed E-state index contributed by atoms with van der Waals surface area (Å²) >= 11 is 0. The van der Waals surface area contributed by atoms with Gasteiger partial charge in [-0.25, -0.2) is 13.6 Å². The van der Waals surface area contributed by atoms with E-state index in [1.165, 1.54) is 6.92 Å². The quantitative estimate of drug-likeness (QED) is 0.751. The summed E-state index contributed by atoms with van der Waals surface area (Å²) in [7, 11) is 0. The maximum absolute atomic E-state index is 12.0. The highest BCUT2D eigenvalue weighted by Gasteiger charge is 2.19. The van der Waals surface area contributed by atoms with Crippen molar-refractivity contribution < 1.29 is 23.1 Å². The zero-order valence-electron chi connectivity index (χ0n) is 6.17. The van der Waals surface area contributed by atoms with Crippen LogP contribution in [0.25, 0.3) is 0 Å². The normalized spacial score (nSPS) is 10.7. The van der Waals surface area contributed by atoms with Crippen LogP contribution in [0.1, 0.15) is 28.3 Å². The molecule has 0 bridgehead atoms. The molecule has 1 heterocycles. The summed E-state index contributed by atoms with van der Waals surface area (Å²) in [5.74, 6) is -2.37. The van der Waals surface area contributed by atoms with Crippen LogP contribution < -0.4 is 0 Å². The van der Waals surface area contributed by atoms with Crippen LogP contribution >= 0.6 is 0 Å². The van der Waals surface area contributed by atoms with Gasteiger partial charge in [-0.05, 0) is 18.6 Å². The smallest absolute Gasteiger partial charge is 0.371 e. The van der Waals surface area contributed by atoms with Gasteiger partial charge >= 0.3 is 5.97 Å². The fourth-order valence-electron chi connectivity index (χ4n) is 0.818. The Labute approximate surface area is 66.6 Å². The van der Waals surface area contributed by atoms with E-state index in [9.17, 15) is 13.6 Å². The standard InChI is InChI=1S/C7H6F2O3/c1-3-2-4(7(10)11)12-5(3)6(8)9/h2,6H,1H3,(H,10,11). The number of hydrogen-bond acceptors (Lipinski definition) is 2. The Hall–Kier alpha value is -1.39. The highest BCUT2D eigenvalue weighted by molar-refractivity contribution is 5.84. The Morgan fingerprint density at radius 1 is 1.67 bits per heavy atom. The van der Waals surface area contributed by atoms with Gasteiger partial charge in [-0.15, -0.1) is 0 Å². The third-order valence-corrected chi connectivity index (χ3v) is 1.37. The maximum atomic E-state index is 12.0. The summed E-state index contributed by atoms with van der Waals surface area (Å²) in [5, 5.41) is 8.37. The summed E-state index contributed by atoms with van der Waals surface area (Å²) in [6, 6.07) is 1.07. The van der Waals surface area contributed by atoms with Crippen molar-refractivity contribution in [2.24, 2.45) is 0 Å². The minimum atomic E-state index is -2.77. The molecule has 1 N–H and O–H groups in total. The van der Waals surface area contributed by atoms with Crippen molar-refractivity contribution in [3.05, 3.63) is 23.2 Å². The van der Waals surface area contributed by atoms with Gasteiger partial charge in [0.1, 0.15) is 0 Å². The van der Waals surface area contributed by atoms with Gasteiger partial charge in [-0.1, -0.05) is 0 Å². The SMILES string of the molecule is Cc1cc(C(=O)O)oc1C(F)F. The molecule has 0 aliphatic heterocycles. The highest BCUT2D eigenvalue weighted by Crippen LogP contribution is 2.25. The van der Waals surface area contributed by atoms with Crippen LogP contribution in [0.2, 0.25) is 0 Å². The Morgan fingerprint density at radius 3 is 2.50 bits per heavy atom. The Kier molecular flexibility index (Phi) is 2.12. The number of rotatable bonds is 2. The average molecular weight is 176 g/mol. The second-order valence-corrected chi connectivity index (χ2v) is 2.26. The number of furan rings is 1. The van der Waals surface area contributed by atoms with Gasteiger partial charge in [-0.2, -0.15) is 0 Å². The molecule has 0 spiro atoms. The summed E-state index contributed by atoms with van der Waals surface area (Å²) in [6.07, 6.45) is -2.77. The molecule has 0 saturated carbocycles. The minimum Gasteiger partial charge on any atom is -0.475 e. The van der Waals surface area contributed by atoms with Crippen LogP contribution in [0.5, 0.6) is 0 Å². The average Bonchev–Trinajstić information content (AvgIpc) is 2.30. The van der Waals surface area contributed by atoms with E-state index in [1.807, 2.05) is 0 Å². The fraction of sp³-hybridized carbons (Fsp3) is 0.286. The molecule has 5 heteroatoms. The van der Waals surface area contributed by atoms with Gasteiger partial charge in [0.15, 0.2) is 5.76 Å². The van der Waals surface area contributed by atoms with Gasteiger partial charge in [0, 0.05) is 0 Å². The van der Waals surface area contributed by atoms with Gasteiger partial charge in [0.25, 0.3) is 6.43 Å². The lowest BCUT2D eigenvalue weighted by molar-refractivity contribution is 0.0644. The molecule has 0 amide bonds. The number of carbonyl (C=O) groups is 1. The van der Waals surface area contributed by atoms with E-state index >= 15 is 0 Å². The summed E-state index contributed by atoms with van der Waals surface area (Å²) in [5.41, 5.74) is 0.155. The van der Waals surface area contributed by atoms with Crippen molar-refractivity contribution >= 4 is 5.97 Å². The summed E-state index contributed by atoms with van der Waals surface area (Å²) < 4.78 is 28.4. The number of aryl methyl sites for hydroxylation is 1. The molecule has 0 aliphatic carbocycles.